The van der Waals surface area contributed by atoms with Crippen molar-refractivity contribution in [1.29, 1.82) is 0 Å². The first-order valence-electron chi connectivity index (χ1n) is 2.86. The fourth-order valence-corrected chi connectivity index (χ4v) is 1.41. The van der Waals surface area contributed by atoms with Gasteiger partial charge in [0.15, 0.2) is 0 Å². The van der Waals surface area contributed by atoms with E-state index < -0.39 is 6.03 Å². The van der Waals surface area contributed by atoms with Gasteiger partial charge in [0.2, 0.25) is 0 Å². The van der Waals surface area contributed by atoms with Crippen LogP contribution in [0.4, 0.5) is 4.79 Å². The van der Waals surface area contributed by atoms with E-state index in [0.717, 1.165) is 5.75 Å². The Labute approximate surface area is 62.8 Å². The fourth-order valence-electron chi connectivity index (χ4n) is 0.577. The van der Waals surface area contributed by atoms with E-state index in [4.69, 9.17) is 10.5 Å². The Morgan fingerprint density at radius 3 is 3.10 bits per heavy atom. The lowest BCUT2D eigenvalue weighted by Gasteiger charge is -1.97. The van der Waals surface area contributed by atoms with Crippen LogP contribution in [0, 0.1) is 0 Å². The molecule has 1 atom stereocenters. The Morgan fingerprint density at radius 1 is 2.00 bits per heavy atom. The molecular formula is C5H8N2O2S. The number of urea groups is 1. The minimum atomic E-state index is -0.698. The number of thioether (sulfide) groups is 1. The molecule has 0 bridgehead atoms. The third-order valence-electron chi connectivity index (χ3n) is 0.945. The molecule has 2 N–H and O–H groups in total. The SMILES string of the molecule is CC1CSC(=NC(N)=O)O1. The van der Waals surface area contributed by atoms with Crippen molar-refractivity contribution in [3.63, 3.8) is 0 Å². The van der Waals surface area contributed by atoms with Crippen molar-refractivity contribution in [3.05, 3.63) is 0 Å². The largest absolute Gasteiger partial charge is 0.469 e. The van der Waals surface area contributed by atoms with Gasteiger partial charge in [0.05, 0.1) is 0 Å². The molecule has 1 aliphatic heterocycles. The molecule has 0 saturated carbocycles. The highest BCUT2D eigenvalue weighted by Gasteiger charge is 2.18. The summed E-state index contributed by atoms with van der Waals surface area (Å²) in [4.78, 5) is 13.6. The van der Waals surface area contributed by atoms with Gasteiger partial charge in [0, 0.05) is 5.75 Å². The number of hydrogen-bond donors (Lipinski definition) is 1. The molecule has 5 heteroatoms. The summed E-state index contributed by atoms with van der Waals surface area (Å²) in [6, 6.07) is -0.698. The van der Waals surface area contributed by atoms with Crippen molar-refractivity contribution in [3.8, 4) is 0 Å². The Bertz CT molecular complexity index is 180. The van der Waals surface area contributed by atoms with Gasteiger partial charge in [-0.05, 0) is 6.92 Å². The van der Waals surface area contributed by atoms with Crippen LogP contribution in [0.2, 0.25) is 0 Å². The Kier molecular flexibility index (Phi) is 2.16. The highest BCUT2D eigenvalue weighted by molar-refractivity contribution is 8.13. The zero-order valence-electron chi connectivity index (χ0n) is 5.53. The molecule has 10 heavy (non-hydrogen) atoms. The van der Waals surface area contributed by atoms with Gasteiger partial charge < -0.3 is 10.5 Å². The second kappa shape index (κ2) is 2.92. The first-order valence-corrected chi connectivity index (χ1v) is 3.84. The van der Waals surface area contributed by atoms with Gasteiger partial charge in [0.1, 0.15) is 6.10 Å². The van der Waals surface area contributed by atoms with Crippen LogP contribution in [-0.2, 0) is 4.74 Å². The first kappa shape index (κ1) is 7.40. The van der Waals surface area contributed by atoms with Crippen LogP contribution in [0.1, 0.15) is 6.92 Å². The maximum atomic E-state index is 10.2. The van der Waals surface area contributed by atoms with Crippen LogP contribution >= 0.6 is 11.8 Å². The number of ether oxygens (including phenoxy) is 1. The maximum absolute atomic E-state index is 10.2. The molecule has 0 aliphatic carbocycles. The topological polar surface area (TPSA) is 64.7 Å². The van der Waals surface area contributed by atoms with Crippen molar-refractivity contribution in [2.75, 3.05) is 5.75 Å². The third-order valence-corrected chi connectivity index (χ3v) is 2.02. The predicted molar refractivity (Wildman–Crippen MR) is 40.0 cm³/mol. The molecule has 1 saturated heterocycles. The number of nitrogens with two attached hydrogens (primary N) is 1. The summed E-state index contributed by atoms with van der Waals surface area (Å²) in [5.41, 5.74) is 4.80. The summed E-state index contributed by atoms with van der Waals surface area (Å²) in [6.45, 7) is 1.91. The lowest BCUT2D eigenvalue weighted by atomic mass is 10.5. The second-order valence-electron chi connectivity index (χ2n) is 1.96. The monoisotopic (exact) mass is 160 g/mol. The normalized spacial score (nSPS) is 28.5. The van der Waals surface area contributed by atoms with Crippen LogP contribution in [0.5, 0.6) is 0 Å². The minimum Gasteiger partial charge on any atom is -0.469 e. The molecule has 1 unspecified atom stereocenters. The van der Waals surface area contributed by atoms with Gasteiger partial charge in [0.25, 0.3) is 5.23 Å². The number of carbonyl (C=O) groups excluding carboxylic acids is 1. The van der Waals surface area contributed by atoms with E-state index in [1.54, 1.807) is 0 Å². The zero-order valence-corrected chi connectivity index (χ0v) is 6.35. The van der Waals surface area contributed by atoms with E-state index in [-0.39, 0.29) is 6.10 Å². The molecule has 56 valence electrons. The summed E-state index contributed by atoms with van der Waals surface area (Å²) >= 11 is 1.41. The fraction of sp³-hybridized carbons (Fsp3) is 0.600. The predicted octanol–water partition coefficient (Wildman–Crippen LogP) is 0.573. The van der Waals surface area contributed by atoms with Gasteiger partial charge in [-0.3, -0.25) is 0 Å². The summed E-state index contributed by atoms with van der Waals surface area (Å²) < 4.78 is 5.08. The van der Waals surface area contributed by atoms with Gasteiger partial charge >= 0.3 is 6.03 Å². The maximum Gasteiger partial charge on any atom is 0.342 e. The lowest BCUT2D eigenvalue weighted by molar-refractivity contribution is 0.244. The number of hydrogen-bond acceptors (Lipinski definition) is 3. The average molecular weight is 160 g/mol. The standard InChI is InChI=1S/C5H8N2O2S/c1-3-2-10-5(9-3)7-4(6)8/h3H,2H2,1H3,(H2,6,8). The third kappa shape index (κ3) is 1.91. The minimum absolute atomic E-state index is 0.142. The zero-order chi connectivity index (χ0) is 7.56. The number of amides is 2. The van der Waals surface area contributed by atoms with E-state index in [1.165, 1.54) is 11.8 Å². The number of nitrogens with zero attached hydrogens (tertiary/aromatic N) is 1. The van der Waals surface area contributed by atoms with E-state index in [2.05, 4.69) is 4.99 Å². The second-order valence-corrected chi connectivity index (χ2v) is 2.93. The Hall–Kier alpha value is -0.710. The Balaban J connectivity index is 2.51. The van der Waals surface area contributed by atoms with E-state index in [0.29, 0.717) is 5.23 Å². The number of primary amides is 1. The van der Waals surface area contributed by atoms with Gasteiger partial charge in [-0.15, -0.1) is 0 Å². The lowest BCUT2D eigenvalue weighted by Crippen LogP contribution is -2.09. The van der Waals surface area contributed by atoms with E-state index in [9.17, 15) is 4.79 Å². The summed E-state index contributed by atoms with van der Waals surface area (Å²) in [5.74, 6) is 0.839. The van der Waals surface area contributed by atoms with Gasteiger partial charge in [-0.25, -0.2) is 4.79 Å². The van der Waals surface area contributed by atoms with Crippen molar-refractivity contribution >= 4 is 23.0 Å². The van der Waals surface area contributed by atoms with Crippen LogP contribution < -0.4 is 5.73 Å². The van der Waals surface area contributed by atoms with Crippen LogP contribution in [-0.4, -0.2) is 23.1 Å². The average Bonchev–Trinajstić information content (AvgIpc) is 2.13. The molecule has 1 aliphatic rings. The summed E-state index contributed by atoms with van der Waals surface area (Å²) in [7, 11) is 0. The van der Waals surface area contributed by atoms with Crippen molar-refractivity contribution in [1.82, 2.24) is 0 Å². The van der Waals surface area contributed by atoms with Crippen molar-refractivity contribution in [2.24, 2.45) is 10.7 Å². The van der Waals surface area contributed by atoms with Crippen LogP contribution in [0.3, 0.4) is 0 Å². The molecule has 0 aromatic heterocycles. The van der Waals surface area contributed by atoms with Crippen LogP contribution in [0.15, 0.2) is 4.99 Å². The molecular weight excluding hydrogens is 152 g/mol. The Morgan fingerprint density at radius 2 is 2.70 bits per heavy atom. The number of rotatable bonds is 0. The molecule has 2 amide bonds. The van der Waals surface area contributed by atoms with Crippen molar-refractivity contribution in [2.45, 2.75) is 13.0 Å². The smallest absolute Gasteiger partial charge is 0.342 e. The molecule has 1 fully saturated rings. The summed E-state index contributed by atoms with van der Waals surface area (Å²) in [5, 5.41) is 0.389. The van der Waals surface area contributed by atoms with E-state index in [1.807, 2.05) is 6.92 Å². The molecule has 0 radical (unpaired) electrons. The van der Waals surface area contributed by atoms with Crippen molar-refractivity contribution < 1.29 is 9.53 Å². The quantitative estimate of drug-likeness (QED) is 0.563. The molecule has 0 spiro atoms. The summed E-state index contributed by atoms with van der Waals surface area (Å²) in [6.07, 6.45) is 0.142. The number of carbonyl (C=O) groups is 1. The molecule has 4 nitrogen and oxygen atoms in total. The first-order chi connectivity index (χ1) is 4.68. The highest BCUT2D eigenvalue weighted by atomic mass is 32.2. The molecule has 1 heterocycles. The van der Waals surface area contributed by atoms with E-state index >= 15 is 0 Å². The number of aliphatic imine (C=N–C) groups is 1. The van der Waals surface area contributed by atoms with Gasteiger partial charge in [-0.2, -0.15) is 4.99 Å². The van der Waals surface area contributed by atoms with Gasteiger partial charge in [-0.1, -0.05) is 11.8 Å². The molecule has 0 aromatic rings. The molecule has 0 aromatic carbocycles. The highest BCUT2D eigenvalue weighted by Crippen LogP contribution is 2.18. The van der Waals surface area contributed by atoms with Crippen LogP contribution in [0.25, 0.3) is 0 Å². The molecule has 1 rings (SSSR count).